The van der Waals surface area contributed by atoms with Gasteiger partial charge in [-0.2, -0.15) is 13.2 Å². The van der Waals surface area contributed by atoms with Gasteiger partial charge >= 0.3 is 12.3 Å². The molecule has 0 spiro atoms. The first-order chi connectivity index (χ1) is 10.5. The van der Waals surface area contributed by atoms with Crippen LogP contribution in [0, 0.1) is 0 Å². The van der Waals surface area contributed by atoms with E-state index < -0.39 is 18.4 Å². The third-order valence-electron chi connectivity index (χ3n) is 3.29. The van der Waals surface area contributed by atoms with Crippen LogP contribution < -0.4 is 4.74 Å². The van der Waals surface area contributed by atoms with Crippen molar-refractivity contribution in [1.29, 1.82) is 0 Å². The molecule has 128 valence electrons. The van der Waals surface area contributed by atoms with Crippen LogP contribution in [-0.4, -0.2) is 42.5 Å². The fraction of sp³-hybridized carbons (Fsp3) is 0.562. The Morgan fingerprint density at radius 2 is 1.74 bits per heavy atom. The number of alkyl halides is 3. The smallest absolute Gasteiger partial charge is 0.422 e. The molecule has 7 heteroatoms. The van der Waals surface area contributed by atoms with Crippen LogP contribution >= 0.6 is 0 Å². The average molecular weight is 331 g/mol. The summed E-state index contributed by atoms with van der Waals surface area (Å²) in [6.07, 6.45) is -4.69. The summed E-state index contributed by atoms with van der Waals surface area (Å²) < 4.78 is 46.2. The molecule has 1 fully saturated rings. The Hall–Kier alpha value is -1.92. The maximum Gasteiger partial charge on any atom is 0.422 e. The van der Waals surface area contributed by atoms with Gasteiger partial charge < -0.3 is 14.4 Å². The van der Waals surface area contributed by atoms with Crippen LogP contribution in [0.2, 0.25) is 0 Å². The summed E-state index contributed by atoms with van der Waals surface area (Å²) in [4.78, 5) is 13.4. The number of carbonyl (C=O) groups excluding carboxylic acids is 1. The van der Waals surface area contributed by atoms with Crippen LogP contribution in [0.25, 0.3) is 0 Å². The zero-order valence-corrected chi connectivity index (χ0v) is 13.3. The average Bonchev–Trinajstić information content (AvgIpc) is 2.33. The lowest BCUT2D eigenvalue weighted by Crippen LogP contribution is -2.50. The number of halogens is 3. The maximum atomic E-state index is 12.1. The first-order valence-corrected chi connectivity index (χ1v) is 7.31. The number of hydrogen-bond acceptors (Lipinski definition) is 3. The topological polar surface area (TPSA) is 38.8 Å². The Morgan fingerprint density at radius 1 is 1.17 bits per heavy atom. The second-order valence-electron chi connectivity index (χ2n) is 6.56. The highest BCUT2D eigenvalue weighted by molar-refractivity contribution is 5.69. The van der Waals surface area contributed by atoms with E-state index in [1.54, 1.807) is 17.0 Å². The molecule has 1 aliphatic rings. The molecule has 0 radical (unpaired) electrons. The van der Waals surface area contributed by atoms with Crippen molar-refractivity contribution in [3.05, 3.63) is 29.8 Å². The predicted molar refractivity (Wildman–Crippen MR) is 78.5 cm³/mol. The minimum Gasteiger partial charge on any atom is -0.484 e. The van der Waals surface area contributed by atoms with E-state index >= 15 is 0 Å². The molecule has 0 unspecified atom stereocenters. The van der Waals surface area contributed by atoms with E-state index in [0.717, 1.165) is 5.56 Å². The van der Waals surface area contributed by atoms with Gasteiger partial charge in [-0.25, -0.2) is 4.79 Å². The van der Waals surface area contributed by atoms with Gasteiger partial charge in [-0.1, -0.05) is 12.1 Å². The van der Waals surface area contributed by atoms with Crippen LogP contribution in [0.1, 0.15) is 32.3 Å². The van der Waals surface area contributed by atoms with Gasteiger partial charge in [0.05, 0.1) is 0 Å². The summed E-state index contributed by atoms with van der Waals surface area (Å²) >= 11 is 0. The molecule has 0 aliphatic carbocycles. The molecule has 0 bridgehead atoms. The van der Waals surface area contributed by atoms with Crippen LogP contribution in [0.15, 0.2) is 24.3 Å². The standard InChI is InChI=1S/C16H20F3NO3/c1-15(2,3)23-14(21)20-8-12(9-20)11-4-6-13(7-5-11)22-10-16(17,18)19/h4-7,12H,8-10H2,1-3H3. The second kappa shape index (κ2) is 6.29. The van der Waals surface area contributed by atoms with Gasteiger partial charge in [-0.05, 0) is 38.5 Å². The molecule has 1 aromatic rings. The predicted octanol–water partition coefficient (Wildman–Crippen LogP) is 3.96. The van der Waals surface area contributed by atoms with Crippen molar-refractivity contribution in [3.63, 3.8) is 0 Å². The highest BCUT2D eigenvalue weighted by Gasteiger charge is 2.34. The van der Waals surface area contributed by atoms with Crippen molar-refractivity contribution in [1.82, 2.24) is 4.90 Å². The van der Waals surface area contributed by atoms with Gasteiger partial charge in [0, 0.05) is 19.0 Å². The number of rotatable bonds is 3. The van der Waals surface area contributed by atoms with E-state index in [1.165, 1.54) is 12.1 Å². The number of benzene rings is 1. The minimum absolute atomic E-state index is 0.166. The molecular formula is C16H20F3NO3. The monoisotopic (exact) mass is 331 g/mol. The molecule has 0 saturated carbocycles. The number of ether oxygens (including phenoxy) is 2. The normalized spacial score (nSPS) is 16.0. The summed E-state index contributed by atoms with van der Waals surface area (Å²) in [5.41, 5.74) is 0.434. The van der Waals surface area contributed by atoms with Crippen LogP contribution in [0.5, 0.6) is 5.75 Å². The summed E-state index contributed by atoms with van der Waals surface area (Å²) in [7, 11) is 0. The van der Waals surface area contributed by atoms with Gasteiger partial charge in [-0.15, -0.1) is 0 Å². The summed E-state index contributed by atoms with van der Waals surface area (Å²) in [6, 6.07) is 6.47. The van der Waals surface area contributed by atoms with E-state index in [1.807, 2.05) is 20.8 Å². The first-order valence-electron chi connectivity index (χ1n) is 7.31. The van der Waals surface area contributed by atoms with Crippen molar-refractivity contribution in [2.75, 3.05) is 19.7 Å². The number of amides is 1. The molecule has 1 aromatic carbocycles. The third kappa shape index (κ3) is 5.33. The maximum absolute atomic E-state index is 12.1. The van der Waals surface area contributed by atoms with E-state index in [2.05, 4.69) is 4.74 Å². The number of likely N-dealkylation sites (tertiary alicyclic amines) is 1. The summed E-state index contributed by atoms with van der Waals surface area (Å²) in [5, 5.41) is 0. The largest absolute Gasteiger partial charge is 0.484 e. The van der Waals surface area contributed by atoms with Gasteiger partial charge in [0.2, 0.25) is 0 Å². The molecule has 0 atom stereocenters. The molecule has 23 heavy (non-hydrogen) atoms. The van der Waals surface area contributed by atoms with E-state index in [0.29, 0.717) is 13.1 Å². The lowest BCUT2D eigenvalue weighted by Gasteiger charge is -2.40. The Labute approximate surface area is 133 Å². The molecular weight excluding hydrogens is 311 g/mol. The molecule has 0 aromatic heterocycles. The lowest BCUT2D eigenvalue weighted by atomic mass is 9.92. The van der Waals surface area contributed by atoms with Crippen LogP contribution in [0.4, 0.5) is 18.0 Å². The molecule has 1 heterocycles. The van der Waals surface area contributed by atoms with Gasteiger partial charge in [0.25, 0.3) is 0 Å². The Bertz CT molecular complexity index is 543. The Balaban J connectivity index is 1.83. The summed E-state index contributed by atoms with van der Waals surface area (Å²) in [6.45, 7) is 5.20. The molecule has 1 saturated heterocycles. The van der Waals surface area contributed by atoms with Crippen LogP contribution in [0.3, 0.4) is 0 Å². The molecule has 1 amide bonds. The highest BCUT2D eigenvalue weighted by Crippen LogP contribution is 2.30. The van der Waals surface area contributed by atoms with Crippen molar-refractivity contribution < 1.29 is 27.4 Å². The quantitative estimate of drug-likeness (QED) is 0.841. The second-order valence-corrected chi connectivity index (χ2v) is 6.56. The first kappa shape index (κ1) is 17.4. The van der Waals surface area contributed by atoms with Gasteiger partial charge in [0.1, 0.15) is 11.4 Å². The Morgan fingerprint density at radius 3 is 2.22 bits per heavy atom. The van der Waals surface area contributed by atoms with Gasteiger partial charge in [-0.3, -0.25) is 0 Å². The van der Waals surface area contributed by atoms with E-state index in [9.17, 15) is 18.0 Å². The number of hydrogen-bond donors (Lipinski definition) is 0. The highest BCUT2D eigenvalue weighted by atomic mass is 19.4. The fourth-order valence-corrected chi connectivity index (χ4v) is 2.17. The van der Waals surface area contributed by atoms with Gasteiger partial charge in [0.15, 0.2) is 6.61 Å². The Kier molecular flexibility index (Phi) is 4.77. The molecule has 1 aliphatic heterocycles. The zero-order valence-electron chi connectivity index (χ0n) is 13.3. The van der Waals surface area contributed by atoms with E-state index in [4.69, 9.17) is 4.74 Å². The number of carbonyl (C=O) groups is 1. The van der Waals surface area contributed by atoms with Crippen LogP contribution in [-0.2, 0) is 4.74 Å². The minimum atomic E-state index is -4.35. The SMILES string of the molecule is CC(C)(C)OC(=O)N1CC(c2ccc(OCC(F)(F)F)cc2)C1. The third-order valence-corrected chi connectivity index (χ3v) is 3.29. The number of nitrogens with zero attached hydrogens (tertiary/aromatic N) is 1. The van der Waals surface area contributed by atoms with Crippen molar-refractivity contribution in [3.8, 4) is 5.75 Å². The van der Waals surface area contributed by atoms with E-state index in [-0.39, 0.29) is 17.8 Å². The molecule has 0 N–H and O–H groups in total. The van der Waals surface area contributed by atoms with Crippen molar-refractivity contribution >= 4 is 6.09 Å². The fourth-order valence-electron chi connectivity index (χ4n) is 2.17. The zero-order chi connectivity index (χ0) is 17.3. The van der Waals surface area contributed by atoms with Crippen molar-refractivity contribution in [2.24, 2.45) is 0 Å². The molecule has 2 rings (SSSR count). The molecule has 4 nitrogen and oxygen atoms in total. The lowest BCUT2D eigenvalue weighted by molar-refractivity contribution is -0.153. The van der Waals surface area contributed by atoms with Crippen molar-refractivity contribution in [2.45, 2.75) is 38.5 Å². The summed E-state index contributed by atoms with van der Waals surface area (Å²) in [5.74, 6) is 0.341.